The Hall–Kier alpha value is -1.08. The highest BCUT2D eigenvalue weighted by Gasteiger charge is 2.31. The summed E-state index contributed by atoms with van der Waals surface area (Å²) in [5.41, 5.74) is 2.05. The van der Waals surface area contributed by atoms with E-state index in [1.807, 2.05) is 0 Å². The molecule has 1 aliphatic carbocycles. The number of carbonyl (C=O) groups excluding carboxylic acids is 1. The number of benzene rings is 1. The van der Waals surface area contributed by atoms with E-state index in [0.717, 1.165) is 19.3 Å². The van der Waals surface area contributed by atoms with E-state index in [0.29, 0.717) is 48.1 Å². The predicted molar refractivity (Wildman–Crippen MR) is 118 cm³/mol. The van der Waals surface area contributed by atoms with Crippen LogP contribution in [0.5, 0.6) is 0 Å². The molecule has 0 saturated carbocycles. The van der Waals surface area contributed by atoms with Gasteiger partial charge < -0.3 is 5.32 Å². The van der Waals surface area contributed by atoms with Crippen LogP contribution in [0.2, 0.25) is 10.0 Å². The second-order valence-corrected chi connectivity index (χ2v) is 10.6. The molecule has 1 amide bonds. The molecule has 0 aromatic heterocycles. The van der Waals surface area contributed by atoms with Crippen molar-refractivity contribution >= 4 is 39.1 Å². The third-order valence-corrected chi connectivity index (χ3v) is 8.27. The van der Waals surface area contributed by atoms with Gasteiger partial charge in [0.15, 0.2) is 0 Å². The molecular weight excluding hydrogens is 431 g/mol. The van der Waals surface area contributed by atoms with Crippen LogP contribution in [-0.2, 0) is 20.6 Å². The number of halogens is 2. The second-order valence-electron chi connectivity index (χ2n) is 7.83. The van der Waals surface area contributed by atoms with Crippen LogP contribution in [0.15, 0.2) is 29.8 Å². The number of hydrogen-bond acceptors (Lipinski definition) is 3. The summed E-state index contributed by atoms with van der Waals surface area (Å²) in [6.45, 7) is 1.40. The van der Waals surface area contributed by atoms with Gasteiger partial charge in [-0.05, 0) is 62.6 Å². The van der Waals surface area contributed by atoms with Crippen molar-refractivity contribution in [3.8, 4) is 0 Å². The Bertz CT molecular complexity index is 863. The maximum absolute atomic E-state index is 12.7. The zero-order valence-electron chi connectivity index (χ0n) is 16.5. The summed E-state index contributed by atoms with van der Waals surface area (Å²) < 4.78 is 26.9. The number of allylic oxidation sites excluding steroid dienone is 1. The van der Waals surface area contributed by atoms with Gasteiger partial charge >= 0.3 is 0 Å². The molecule has 8 heteroatoms. The minimum absolute atomic E-state index is 0.0444. The minimum atomic E-state index is -3.45. The van der Waals surface area contributed by atoms with Crippen molar-refractivity contribution in [2.75, 3.05) is 19.6 Å². The Morgan fingerprint density at radius 1 is 1.14 bits per heavy atom. The topological polar surface area (TPSA) is 66.5 Å². The smallest absolute Gasteiger partial charge is 0.223 e. The van der Waals surface area contributed by atoms with Crippen LogP contribution in [0.4, 0.5) is 0 Å². The Labute approximate surface area is 183 Å². The molecular formula is C21H28Cl2N2O3S. The molecule has 1 aromatic rings. The molecule has 3 rings (SSSR count). The van der Waals surface area contributed by atoms with Gasteiger partial charge in [-0.15, -0.1) is 0 Å². The lowest BCUT2D eigenvalue weighted by atomic mass is 9.96. The lowest BCUT2D eigenvalue weighted by molar-refractivity contribution is -0.126. The van der Waals surface area contributed by atoms with Crippen molar-refractivity contribution in [1.82, 2.24) is 9.62 Å². The van der Waals surface area contributed by atoms with Crippen LogP contribution < -0.4 is 5.32 Å². The summed E-state index contributed by atoms with van der Waals surface area (Å²) >= 11 is 11.9. The molecule has 0 spiro atoms. The predicted octanol–water partition coefficient (Wildman–Crippen LogP) is 4.54. The van der Waals surface area contributed by atoms with Gasteiger partial charge in [0, 0.05) is 25.6 Å². The fourth-order valence-corrected chi connectivity index (χ4v) is 5.82. The number of nitrogens with zero attached hydrogens (tertiary/aromatic N) is 1. The van der Waals surface area contributed by atoms with Gasteiger partial charge in [-0.2, -0.15) is 0 Å². The molecule has 5 nitrogen and oxygen atoms in total. The molecule has 1 heterocycles. The van der Waals surface area contributed by atoms with E-state index in [4.69, 9.17) is 23.2 Å². The lowest BCUT2D eigenvalue weighted by Crippen LogP contribution is -2.43. The molecule has 1 aliphatic heterocycles. The van der Waals surface area contributed by atoms with Crippen LogP contribution in [0.3, 0.4) is 0 Å². The molecule has 0 radical (unpaired) electrons. The summed E-state index contributed by atoms with van der Waals surface area (Å²) in [6, 6.07) is 4.87. The third-order valence-electron chi connectivity index (χ3n) is 5.68. The zero-order chi connectivity index (χ0) is 20.9. The lowest BCUT2D eigenvalue weighted by Gasteiger charge is -2.30. The zero-order valence-corrected chi connectivity index (χ0v) is 18.8. The summed E-state index contributed by atoms with van der Waals surface area (Å²) in [5, 5.41) is 3.78. The molecule has 1 aromatic carbocycles. The quantitative estimate of drug-likeness (QED) is 0.609. The van der Waals surface area contributed by atoms with E-state index in [1.165, 1.54) is 22.7 Å². The number of piperidine rings is 1. The summed E-state index contributed by atoms with van der Waals surface area (Å²) in [6.07, 6.45) is 9.13. The second kappa shape index (κ2) is 10.3. The fraction of sp³-hybridized carbons (Fsp3) is 0.571. The largest absolute Gasteiger partial charge is 0.356 e. The molecule has 0 bridgehead atoms. The van der Waals surface area contributed by atoms with E-state index in [2.05, 4.69) is 11.4 Å². The highest BCUT2D eigenvalue weighted by molar-refractivity contribution is 7.88. The molecule has 160 valence electrons. The maximum atomic E-state index is 12.7. The number of nitrogens with one attached hydrogen (secondary N) is 1. The van der Waals surface area contributed by atoms with Gasteiger partial charge in [-0.25, -0.2) is 12.7 Å². The summed E-state index contributed by atoms with van der Waals surface area (Å²) in [5.74, 6) is -0.190. The van der Waals surface area contributed by atoms with E-state index in [-0.39, 0.29) is 17.6 Å². The molecule has 0 atom stereocenters. The summed E-state index contributed by atoms with van der Waals surface area (Å²) in [4.78, 5) is 12.4. The monoisotopic (exact) mass is 458 g/mol. The van der Waals surface area contributed by atoms with Crippen molar-refractivity contribution in [2.45, 2.75) is 50.7 Å². The fourth-order valence-electron chi connectivity index (χ4n) is 3.95. The van der Waals surface area contributed by atoms with Crippen molar-refractivity contribution in [3.05, 3.63) is 45.5 Å². The Kier molecular flexibility index (Phi) is 8.02. The SMILES string of the molecule is O=C(NCCC1=CCCCC1)C1CCN(S(=O)(=O)Cc2ccc(Cl)c(Cl)c2)CC1. The van der Waals surface area contributed by atoms with Crippen LogP contribution in [0.25, 0.3) is 0 Å². The molecule has 29 heavy (non-hydrogen) atoms. The van der Waals surface area contributed by atoms with E-state index >= 15 is 0 Å². The first-order valence-corrected chi connectivity index (χ1v) is 12.6. The van der Waals surface area contributed by atoms with E-state index in [1.54, 1.807) is 18.2 Å². The van der Waals surface area contributed by atoms with Crippen molar-refractivity contribution in [3.63, 3.8) is 0 Å². The maximum Gasteiger partial charge on any atom is 0.223 e. The number of rotatable bonds is 7. The van der Waals surface area contributed by atoms with Crippen LogP contribution in [0, 0.1) is 5.92 Å². The first-order chi connectivity index (χ1) is 13.8. The van der Waals surface area contributed by atoms with Gasteiger partial charge in [0.25, 0.3) is 0 Å². The molecule has 1 saturated heterocycles. The highest BCUT2D eigenvalue weighted by atomic mass is 35.5. The van der Waals surface area contributed by atoms with Crippen LogP contribution >= 0.6 is 23.2 Å². The van der Waals surface area contributed by atoms with Crippen molar-refractivity contribution < 1.29 is 13.2 Å². The van der Waals surface area contributed by atoms with Gasteiger partial charge in [0.1, 0.15) is 0 Å². The van der Waals surface area contributed by atoms with Crippen molar-refractivity contribution in [1.29, 1.82) is 0 Å². The first-order valence-electron chi connectivity index (χ1n) is 10.2. The average Bonchev–Trinajstić information content (AvgIpc) is 2.71. The Morgan fingerprint density at radius 2 is 1.90 bits per heavy atom. The highest BCUT2D eigenvalue weighted by Crippen LogP contribution is 2.26. The Morgan fingerprint density at radius 3 is 2.55 bits per heavy atom. The van der Waals surface area contributed by atoms with Crippen LogP contribution in [-0.4, -0.2) is 38.3 Å². The molecule has 2 aliphatic rings. The standard InChI is InChI=1S/C21H28Cl2N2O3S/c22-19-7-6-17(14-20(19)23)15-29(27,28)25-12-9-18(10-13-25)21(26)24-11-8-16-4-2-1-3-5-16/h4,6-7,14,18H,1-3,5,8-13,15H2,(H,24,26). The molecule has 0 unspecified atom stereocenters. The van der Waals surface area contributed by atoms with E-state index in [9.17, 15) is 13.2 Å². The number of hydrogen-bond donors (Lipinski definition) is 1. The number of amides is 1. The van der Waals surface area contributed by atoms with Gasteiger partial charge in [-0.3, -0.25) is 4.79 Å². The minimum Gasteiger partial charge on any atom is -0.356 e. The molecule has 1 N–H and O–H groups in total. The summed E-state index contributed by atoms with van der Waals surface area (Å²) in [7, 11) is -3.45. The van der Waals surface area contributed by atoms with E-state index < -0.39 is 10.0 Å². The normalized spacial score (nSPS) is 19.0. The average molecular weight is 459 g/mol. The Balaban J connectivity index is 1.45. The molecule has 1 fully saturated rings. The van der Waals surface area contributed by atoms with Gasteiger partial charge in [0.05, 0.1) is 15.8 Å². The first kappa shape index (κ1) is 22.6. The van der Waals surface area contributed by atoms with Gasteiger partial charge in [0.2, 0.25) is 15.9 Å². The number of sulfonamides is 1. The van der Waals surface area contributed by atoms with Crippen LogP contribution in [0.1, 0.15) is 50.5 Å². The third kappa shape index (κ3) is 6.45. The van der Waals surface area contributed by atoms with Gasteiger partial charge in [-0.1, -0.05) is 40.9 Å². The van der Waals surface area contributed by atoms with Crippen molar-refractivity contribution in [2.24, 2.45) is 5.92 Å². The number of carbonyl (C=O) groups is 1.